The van der Waals surface area contributed by atoms with Crippen molar-refractivity contribution in [2.45, 2.75) is 13.8 Å². The van der Waals surface area contributed by atoms with Gasteiger partial charge in [0.25, 0.3) is 5.91 Å². The number of rotatable bonds is 6. The summed E-state index contributed by atoms with van der Waals surface area (Å²) in [5, 5.41) is 8.27. The molecule has 0 aliphatic carbocycles. The third kappa shape index (κ3) is 4.27. The van der Waals surface area contributed by atoms with Gasteiger partial charge in [0.05, 0.1) is 18.2 Å². The van der Waals surface area contributed by atoms with Gasteiger partial charge in [-0.2, -0.15) is 10.2 Å². The standard InChI is InChI=1S/C19H18N4O3/c1-13(17-5-3-11-25-17)20-22-16-9-7-15(8-10-16)19(24)23-21-14(2)18-6-4-12-26-18/h3-12,22H,1-2H3,(H,23,24)/b20-13+,21-14+. The zero-order valence-corrected chi connectivity index (χ0v) is 14.4. The van der Waals surface area contributed by atoms with Gasteiger partial charge in [0, 0.05) is 5.56 Å². The Labute approximate surface area is 150 Å². The molecule has 0 fully saturated rings. The summed E-state index contributed by atoms with van der Waals surface area (Å²) in [7, 11) is 0. The Hall–Kier alpha value is -3.61. The van der Waals surface area contributed by atoms with E-state index in [1.54, 1.807) is 61.9 Å². The van der Waals surface area contributed by atoms with Gasteiger partial charge in [-0.1, -0.05) is 0 Å². The lowest BCUT2D eigenvalue weighted by atomic mass is 10.2. The average Bonchev–Trinajstić information content (AvgIpc) is 3.38. The third-order valence-electron chi connectivity index (χ3n) is 3.58. The van der Waals surface area contributed by atoms with Crippen LogP contribution >= 0.6 is 0 Å². The van der Waals surface area contributed by atoms with Gasteiger partial charge in [-0.15, -0.1) is 0 Å². The molecule has 0 saturated heterocycles. The number of amides is 1. The molecule has 0 saturated carbocycles. The minimum absolute atomic E-state index is 0.308. The number of hydrogen-bond donors (Lipinski definition) is 2. The number of hydrazone groups is 2. The molecule has 2 heterocycles. The number of carbonyl (C=O) groups excluding carboxylic acids is 1. The van der Waals surface area contributed by atoms with Gasteiger partial charge in [-0.05, 0) is 62.4 Å². The number of hydrogen-bond acceptors (Lipinski definition) is 6. The molecule has 2 aromatic heterocycles. The first kappa shape index (κ1) is 17.2. The van der Waals surface area contributed by atoms with Crippen molar-refractivity contribution >= 4 is 23.0 Å². The summed E-state index contributed by atoms with van der Waals surface area (Å²) in [6, 6.07) is 14.1. The second kappa shape index (κ2) is 7.98. The van der Waals surface area contributed by atoms with Crippen LogP contribution in [-0.4, -0.2) is 17.3 Å². The molecule has 7 heteroatoms. The van der Waals surface area contributed by atoms with Crippen molar-refractivity contribution in [3.8, 4) is 0 Å². The highest BCUT2D eigenvalue weighted by molar-refractivity contribution is 5.99. The molecule has 3 rings (SSSR count). The number of benzene rings is 1. The number of anilines is 1. The van der Waals surface area contributed by atoms with Gasteiger partial charge in [-0.25, -0.2) is 5.43 Å². The smallest absolute Gasteiger partial charge is 0.271 e. The van der Waals surface area contributed by atoms with Gasteiger partial charge >= 0.3 is 0 Å². The second-order valence-corrected chi connectivity index (χ2v) is 5.48. The molecule has 2 N–H and O–H groups in total. The molecular weight excluding hydrogens is 332 g/mol. The lowest BCUT2D eigenvalue weighted by Gasteiger charge is -2.04. The molecule has 7 nitrogen and oxygen atoms in total. The summed E-state index contributed by atoms with van der Waals surface area (Å²) >= 11 is 0. The molecule has 0 radical (unpaired) electrons. The molecule has 132 valence electrons. The van der Waals surface area contributed by atoms with E-state index in [4.69, 9.17) is 8.83 Å². The average molecular weight is 350 g/mol. The normalized spacial score (nSPS) is 12.1. The zero-order chi connectivity index (χ0) is 18.4. The van der Waals surface area contributed by atoms with E-state index in [0.29, 0.717) is 22.8 Å². The van der Waals surface area contributed by atoms with E-state index in [0.717, 1.165) is 11.4 Å². The molecule has 0 bridgehead atoms. The van der Waals surface area contributed by atoms with E-state index in [-0.39, 0.29) is 5.91 Å². The lowest BCUT2D eigenvalue weighted by molar-refractivity contribution is 0.0955. The highest BCUT2D eigenvalue weighted by Gasteiger charge is 2.06. The second-order valence-electron chi connectivity index (χ2n) is 5.48. The van der Waals surface area contributed by atoms with Crippen LogP contribution in [0.5, 0.6) is 0 Å². The van der Waals surface area contributed by atoms with Gasteiger partial charge in [0.2, 0.25) is 0 Å². The Kier molecular flexibility index (Phi) is 5.28. The highest BCUT2D eigenvalue weighted by Crippen LogP contribution is 2.11. The van der Waals surface area contributed by atoms with Gasteiger partial charge in [-0.3, -0.25) is 10.2 Å². The number of carbonyl (C=O) groups is 1. The minimum Gasteiger partial charge on any atom is -0.463 e. The Morgan fingerprint density at radius 1 is 0.846 bits per heavy atom. The SMILES string of the molecule is C/C(=N\NC(=O)c1ccc(N/N=C(\C)c2ccco2)cc1)c1ccco1. The molecule has 0 unspecified atom stereocenters. The maximum atomic E-state index is 12.1. The molecule has 0 aliphatic heterocycles. The van der Waals surface area contributed by atoms with Crippen LogP contribution in [0.2, 0.25) is 0 Å². The quantitative estimate of drug-likeness (QED) is 0.521. The number of furan rings is 2. The lowest BCUT2D eigenvalue weighted by Crippen LogP contribution is -2.19. The van der Waals surface area contributed by atoms with E-state index in [2.05, 4.69) is 21.1 Å². The predicted molar refractivity (Wildman–Crippen MR) is 99.4 cm³/mol. The summed E-state index contributed by atoms with van der Waals surface area (Å²) in [6.45, 7) is 3.60. The van der Waals surface area contributed by atoms with Crippen molar-refractivity contribution in [1.29, 1.82) is 0 Å². The molecule has 3 aromatic rings. The number of nitrogens with zero attached hydrogens (tertiary/aromatic N) is 2. The van der Waals surface area contributed by atoms with Crippen LogP contribution in [-0.2, 0) is 0 Å². The Morgan fingerprint density at radius 2 is 1.42 bits per heavy atom. The summed E-state index contributed by atoms with van der Waals surface area (Å²) in [4.78, 5) is 12.1. The summed E-state index contributed by atoms with van der Waals surface area (Å²) in [5.74, 6) is 0.991. The van der Waals surface area contributed by atoms with Crippen molar-refractivity contribution in [2.24, 2.45) is 10.2 Å². The molecule has 26 heavy (non-hydrogen) atoms. The van der Waals surface area contributed by atoms with Crippen LogP contribution < -0.4 is 10.9 Å². The van der Waals surface area contributed by atoms with Crippen LogP contribution in [0.15, 0.2) is 80.1 Å². The number of nitrogens with one attached hydrogen (secondary N) is 2. The fraction of sp³-hybridized carbons (Fsp3) is 0.105. The van der Waals surface area contributed by atoms with E-state index >= 15 is 0 Å². The molecule has 0 aliphatic rings. The largest absolute Gasteiger partial charge is 0.463 e. The predicted octanol–water partition coefficient (Wildman–Crippen LogP) is 3.86. The van der Waals surface area contributed by atoms with E-state index < -0.39 is 0 Å². The summed E-state index contributed by atoms with van der Waals surface area (Å²) in [6.07, 6.45) is 3.15. The Morgan fingerprint density at radius 3 is 1.96 bits per heavy atom. The van der Waals surface area contributed by atoms with Crippen LogP contribution in [0.25, 0.3) is 0 Å². The van der Waals surface area contributed by atoms with E-state index in [9.17, 15) is 4.79 Å². The fourth-order valence-corrected chi connectivity index (χ4v) is 2.12. The van der Waals surface area contributed by atoms with Gasteiger partial charge in [0.1, 0.15) is 22.9 Å². The van der Waals surface area contributed by atoms with Gasteiger partial charge in [0.15, 0.2) is 0 Å². The molecule has 1 amide bonds. The van der Waals surface area contributed by atoms with Crippen molar-refractivity contribution < 1.29 is 13.6 Å². The first-order valence-electron chi connectivity index (χ1n) is 7.96. The monoisotopic (exact) mass is 350 g/mol. The highest BCUT2D eigenvalue weighted by atomic mass is 16.3. The molecule has 1 aromatic carbocycles. The Bertz CT molecular complexity index is 908. The van der Waals surface area contributed by atoms with Crippen LogP contribution in [0.3, 0.4) is 0 Å². The zero-order valence-electron chi connectivity index (χ0n) is 14.4. The van der Waals surface area contributed by atoms with Crippen molar-refractivity contribution in [2.75, 3.05) is 5.43 Å². The fourth-order valence-electron chi connectivity index (χ4n) is 2.12. The maximum absolute atomic E-state index is 12.1. The van der Waals surface area contributed by atoms with E-state index in [1.165, 1.54) is 0 Å². The minimum atomic E-state index is -0.308. The maximum Gasteiger partial charge on any atom is 0.271 e. The molecule has 0 atom stereocenters. The van der Waals surface area contributed by atoms with Crippen molar-refractivity contribution in [3.63, 3.8) is 0 Å². The van der Waals surface area contributed by atoms with Crippen LogP contribution in [0.1, 0.15) is 35.7 Å². The van der Waals surface area contributed by atoms with Crippen LogP contribution in [0, 0.1) is 0 Å². The van der Waals surface area contributed by atoms with Crippen LogP contribution in [0.4, 0.5) is 5.69 Å². The topological polar surface area (TPSA) is 92.1 Å². The summed E-state index contributed by atoms with van der Waals surface area (Å²) < 4.78 is 10.5. The van der Waals surface area contributed by atoms with E-state index in [1.807, 2.05) is 13.0 Å². The molecular formula is C19H18N4O3. The molecule has 0 spiro atoms. The Balaban J connectivity index is 1.59. The van der Waals surface area contributed by atoms with Crippen molar-refractivity contribution in [3.05, 3.63) is 78.1 Å². The third-order valence-corrected chi connectivity index (χ3v) is 3.58. The van der Waals surface area contributed by atoms with Crippen molar-refractivity contribution in [1.82, 2.24) is 5.43 Å². The first-order valence-corrected chi connectivity index (χ1v) is 7.96. The first-order chi connectivity index (χ1) is 12.6. The summed E-state index contributed by atoms with van der Waals surface area (Å²) in [5.41, 5.74) is 7.97. The van der Waals surface area contributed by atoms with Gasteiger partial charge < -0.3 is 8.83 Å².